The maximum absolute atomic E-state index is 3.54. The minimum Gasteiger partial charge on any atom is -0.308 e. The molecule has 118 valence electrons. The van der Waals surface area contributed by atoms with Gasteiger partial charge in [-0.25, -0.2) is 0 Å². The van der Waals surface area contributed by atoms with Crippen LogP contribution in [0.1, 0.15) is 64.5 Å². The lowest BCUT2D eigenvalue weighted by Crippen LogP contribution is -2.35. The summed E-state index contributed by atoms with van der Waals surface area (Å²) in [5.41, 5.74) is 3.00. The molecule has 1 N–H and O–H groups in total. The molecule has 0 radical (unpaired) electrons. The van der Waals surface area contributed by atoms with E-state index < -0.39 is 0 Å². The van der Waals surface area contributed by atoms with Crippen molar-refractivity contribution in [2.75, 3.05) is 6.54 Å². The molecule has 0 aromatic heterocycles. The molecule has 0 amide bonds. The van der Waals surface area contributed by atoms with Crippen molar-refractivity contribution in [1.82, 2.24) is 10.2 Å². The second-order valence-corrected chi connectivity index (χ2v) is 7.42. The van der Waals surface area contributed by atoms with Gasteiger partial charge in [0, 0.05) is 24.7 Å². The fourth-order valence-corrected chi connectivity index (χ4v) is 3.13. The number of benzene rings is 1. The first-order valence-electron chi connectivity index (χ1n) is 8.55. The van der Waals surface area contributed by atoms with Crippen molar-refractivity contribution in [3.63, 3.8) is 0 Å². The molecule has 0 atom stereocenters. The predicted molar refractivity (Wildman–Crippen MR) is 91.4 cm³/mol. The molecule has 1 aromatic carbocycles. The van der Waals surface area contributed by atoms with Crippen LogP contribution in [0, 0.1) is 0 Å². The minimum atomic E-state index is 0.181. The van der Waals surface area contributed by atoms with E-state index in [-0.39, 0.29) is 5.54 Å². The molecule has 1 aliphatic rings. The Labute approximate surface area is 130 Å². The Hall–Kier alpha value is -0.860. The Bertz CT molecular complexity index is 410. The third-order valence-corrected chi connectivity index (χ3v) is 4.48. The van der Waals surface area contributed by atoms with E-state index in [9.17, 15) is 0 Å². The van der Waals surface area contributed by atoms with Crippen LogP contribution in [0.25, 0.3) is 0 Å². The molecule has 0 unspecified atom stereocenters. The Morgan fingerprint density at radius 2 is 1.62 bits per heavy atom. The summed E-state index contributed by atoms with van der Waals surface area (Å²) in [6.45, 7) is 12.1. The largest absolute Gasteiger partial charge is 0.308 e. The molecule has 0 bridgehead atoms. The van der Waals surface area contributed by atoms with Gasteiger partial charge in [-0.15, -0.1) is 0 Å². The van der Waals surface area contributed by atoms with Crippen LogP contribution in [-0.4, -0.2) is 23.0 Å². The van der Waals surface area contributed by atoms with Crippen LogP contribution < -0.4 is 5.32 Å². The molecule has 21 heavy (non-hydrogen) atoms. The van der Waals surface area contributed by atoms with Crippen molar-refractivity contribution >= 4 is 0 Å². The molecule has 0 saturated heterocycles. The number of rotatable bonds is 6. The van der Waals surface area contributed by atoms with Crippen LogP contribution in [0.3, 0.4) is 0 Å². The first-order chi connectivity index (χ1) is 9.98. The van der Waals surface area contributed by atoms with E-state index >= 15 is 0 Å². The molecule has 0 spiro atoms. The molecule has 1 saturated carbocycles. The summed E-state index contributed by atoms with van der Waals surface area (Å²) in [6, 6.07) is 9.97. The highest BCUT2D eigenvalue weighted by molar-refractivity contribution is 5.22. The average Bonchev–Trinajstić information content (AvgIpc) is 2.97. The molecule has 1 aliphatic carbocycles. The van der Waals surface area contributed by atoms with Crippen LogP contribution in [0.5, 0.6) is 0 Å². The maximum atomic E-state index is 3.54. The van der Waals surface area contributed by atoms with E-state index in [2.05, 4.69) is 62.2 Å². The van der Waals surface area contributed by atoms with E-state index in [1.165, 1.54) is 36.8 Å². The van der Waals surface area contributed by atoms with Crippen molar-refractivity contribution in [2.45, 2.75) is 78.0 Å². The summed E-state index contributed by atoms with van der Waals surface area (Å²) in [4.78, 5) is 2.65. The monoisotopic (exact) mass is 288 g/mol. The third kappa shape index (κ3) is 5.44. The van der Waals surface area contributed by atoms with Crippen LogP contribution in [-0.2, 0) is 13.1 Å². The van der Waals surface area contributed by atoms with Crippen molar-refractivity contribution in [3.05, 3.63) is 35.4 Å². The second kappa shape index (κ2) is 7.42. The van der Waals surface area contributed by atoms with Gasteiger partial charge in [0.05, 0.1) is 0 Å². The van der Waals surface area contributed by atoms with Crippen LogP contribution in [0.15, 0.2) is 24.3 Å². The number of hydrogen-bond acceptors (Lipinski definition) is 2. The molecule has 2 heteroatoms. The van der Waals surface area contributed by atoms with Gasteiger partial charge in [0.2, 0.25) is 0 Å². The maximum Gasteiger partial charge on any atom is 0.0236 e. The molecule has 2 nitrogen and oxygen atoms in total. The number of hydrogen-bond donors (Lipinski definition) is 1. The van der Waals surface area contributed by atoms with Gasteiger partial charge in [-0.1, -0.05) is 44.0 Å². The number of nitrogens with zero attached hydrogens (tertiary/aromatic N) is 1. The van der Waals surface area contributed by atoms with Gasteiger partial charge in [-0.05, 0) is 51.3 Å². The molecule has 0 heterocycles. The van der Waals surface area contributed by atoms with E-state index in [0.29, 0.717) is 0 Å². The first kappa shape index (κ1) is 16.5. The molecule has 1 aromatic rings. The quantitative estimate of drug-likeness (QED) is 0.837. The van der Waals surface area contributed by atoms with Crippen LogP contribution in [0.2, 0.25) is 0 Å². The number of nitrogens with one attached hydrogen (secondary N) is 1. The highest BCUT2D eigenvalue weighted by atomic mass is 15.1. The van der Waals surface area contributed by atoms with Crippen LogP contribution >= 0.6 is 0 Å². The Morgan fingerprint density at radius 1 is 1.05 bits per heavy atom. The fourth-order valence-electron chi connectivity index (χ4n) is 3.13. The van der Waals surface area contributed by atoms with E-state index in [1.54, 1.807) is 0 Å². The molecule has 2 rings (SSSR count). The first-order valence-corrected chi connectivity index (χ1v) is 8.55. The minimum absolute atomic E-state index is 0.181. The van der Waals surface area contributed by atoms with E-state index in [4.69, 9.17) is 0 Å². The SMILES string of the molecule is CCN(Cc1ccc(CNC(C)(C)C)cc1)C1CCCC1. The zero-order valence-corrected chi connectivity index (χ0v) is 14.3. The van der Waals surface area contributed by atoms with Crippen molar-refractivity contribution in [3.8, 4) is 0 Å². The summed E-state index contributed by atoms with van der Waals surface area (Å²) >= 11 is 0. The molecule has 0 aliphatic heterocycles. The topological polar surface area (TPSA) is 15.3 Å². The van der Waals surface area contributed by atoms with Crippen LogP contribution in [0.4, 0.5) is 0 Å². The zero-order chi connectivity index (χ0) is 15.3. The van der Waals surface area contributed by atoms with E-state index in [0.717, 1.165) is 25.7 Å². The molecular formula is C19H32N2. The predicted octanol–water partition coefficient (Wildman–Crippen LogP) is 4.34. The average molecular weight is 288 g/mol. The van der Waals surface area contributed by atoms with Gasteiger partial charge >= 0.3 is 0 Å². The van der Waals surface area contributed by atoms with Crippen molar-refractivity contribution in [2.24, 2.45) is 0 Å². The summed E-state index contributed by atoms with van der Waals surface area (Å²) in [5.74, 6) is 0. The Balaban J connectivity index is 1.89. The van der Waals surface area contributed by atoms with Gasteiger partial charge in [-0.2, -0.15) is 0 Å². The zero-order valence-electron chi connectivity index (χ0n) is 14.3. The lowest BCUT2D eigenvalue weighted by molar-refractivity contribution is 0.200. The highest BCUT2D eigenvalue weighted by Crippen LogP contribution is 2.24. The Kier molecular flexibility index (Phi) is 5.83. The van der Waals surface area contributed by atoms with Crippen molar-refractivity contribution < 1.29 is 0 Å². The third-order valence-electron chi connectivity index (χ3n) is 4.48. The Morgan fingerprint density at radius 3 is 2.14 bits per heavy atom. The summed E-state index contributed by atoms with van der Waals surface area (Å²) in [7, 11) is 0. The standard InChI is InChI=1S/C19H32N2/c1-5-21(18-8-6-7-9-18)15-17-12-10-16(11-13-17)14-20-19(2,3)4/h10-13,18,20H,5-9,14-15H2,1-4H3. The van der Waals surface area contributed by atoms with E-state index in [1.807, 2.05) is 0 Å². The van der Waals surface area contributed by atoms with Gasteiger partial charge in [0.25, 0.3) is 0 Å². The summed E-state index contributed by atoms with van der Waals surface area (Å²) in [5, 5.41) is 3.54. The lowest BCUT2D eigenvalue weighted by Gasteiger charge is -2.27. The molecule has 1 fully saturated rings. The lowest BCUT2D eigenvalue weighted by atomic mass is 10.1. The van der Waals surface area contributed by atoms with Crippen molar-refractivity contribution in [1.29, 1.82) is 0 Å². The highest BCUT2D eigenvalue weighted by Gasteiger charge is 2.21. The molecular weight excluding hydrogens is 256 g/mol. The smallest absolute Gasteiger partial charge is 0.0236 e. The van der Waals surface area contributed by atoms with Gasteiger partial charge in [0.1, 0.15) is 0 Å². The van der Waals surface area contributed by atoms with Gasteiger partial charge in [0.15, 0.2) is 0 Å². The van der Waals surface area contributed by atoms with Gasteiger partial charge in [-0.3, -0.25) is 4.90 Å². The second-order valence-electron chi connectivity index (χ2n) is 7.42. The normalized spacial score (nSPS) is 16.8. The fraction of sp³-hybridized carbons (Fsp3) is 0.684. The summed E-state index contributed by atoms with van der Waals surface area (Å²) < 4.78 is 0. The van der Waals surface area contributed by atoms with Gasteiger partial charge < -0.3 is 5.32 Å². The summed E-state index contributed by atoms with van der Waals surface area (Å²) in [6.07, 6.45) is 5.61.